The van der Waals surface area contributed by atoms with E-state index in [0.29, 0.717) is 0 Å². The molecule has 5 rings (SSSR count). The number of nitrogens with zero attached hydrogens (tertiary/aromatic N) is 1. The Labute approximate surface area is 162 Å². The Morgan fingerprint density at radius 2 is 1.56 bits per heavy atom. The van der Waals surface area contributed by atoms with Gasteiger partial charge in [0.15, 0.2) is 6.20 Å². The van der Waals surface area contributed by atoms with E-state index in [1.54, 1.807) is 16.7 Å². The Kier molecular flexibility index (Phi) is 4.11. The number of aryl methyl sites for hydroxylation is 4. The Bertz CT molecular complexity index is 983. The topological polar surface area (TPSA) is 3.88 Å². The second kappa shape index (κ2) is 6.64. The van der Waals surface area contributed by atoms with E-state index in [-0.39, 0.29) is 0 Å². The lowest BCUT2D eigenvalue weighted by atomic mass is 9.72. The zero-order valence-corrected chi connectivity index (χ0v) is 16.5. The molecule has 0 radical (unpaired) electrons. The number of benzene rings is 2. The molecule has 0 aliphatic heterocycles. The summed E-state index contributed by atoms with van der Waals surface area (Å²) in [5.41, 5.74) is 11.7. The van der Waals surface area contributed by atoms with Crippen LogP contribution < -0.4 is 4.57 Å². The van der Waals surface area contributed by atoms with Crippen molar-refractivity contribution >= 4 is 0 Å². The first kappa shape index (κ1) is 16.7. The summed E-state index contributed by atoms with van der Waals surface area (Å²) in [6.07, 6.45) is 10.3. The molecule has 1 aromatic heterocycles. The van der Waals surface area contributed by atoms with Crippen LogP contribution in [-0.2, 0) is 19.9 Å². The van der Waals surface area contributed by atoms with Crippen LogP contribution in [0.3, 0.4) is 0 Å². The molecule has 1 heterocycles. The van der Waals surface area contributed by atoms with Crippen molar-refractivity contribution in [3.8, 4) is 22.4 Å². The summed E-state index contributed by atoms with van der Waals surface area (Å²) >= 11 is 0. The van der Waals surface area contributed by atoms with Gasteiger partial charge in [0.2, 0.25) is 5.69 Å². The largest absolute Gasteiger partial charge is 0.213 e. The lowest BCUT2D eigenvalue weighted by Gasteiger charge is -2.32. The molecule has 3 aromatic rings. The lowest BCUT2D eigenvalue weighted by molar-refractivity contribution is -0.660. The van der Waals surface area contributed by atoms with Gasteiger partial charge in [-0.1, -0.05) is 30.3 Å². The highest BCUT2D eigenvalue weighted by Gasteiger charge is 2.27. The van der Waals surface area contributed by atoms with Crippen LogP contribution in [0.15, 0.2) is 54.7 Å². The van der Waals surface area contributed by atoms with Gasteiger partial charge in [-0.15, -0.1) is 0 Å². The van der Waals surface area contributed by atoms with E-state index in [2.05, 4.69) is 73.3 Å². The maximum atomic E-state index is 2.49. The van der Waals surface area contributed by atoms with Crippen LogP contribution in [0.4, 0.5) is 0 Å². The Morgan fingerprint density at radius 3 is 2.26 bits per heavy atom. The second-order valence-electron chi connectivity index (χ2n) is 8.42. The minimum atomic E-state index is 0.836. The Morgan fingerprint density at radius 1 is 0.852 bits per heavy atom. The van der Waals surface area contributed by atoms with E-state index >= 15 is 0 Å². The van der Waals surface area contributed by atoms with Crippen LogP contribution in [-0.4, -0.2) is 0 Å². The minimum Gasteiger partial charge on any atom is -0.201 e. The summed E-state index contributed by atoms with van der Waals surface area (Å²) in [4.78, 5) is 0. The third-order valence-corrected chi connectivity index (χ3v) is 6.66. The minimum absolute atomic E-state index is 0.836. The van der Waals surface area contributed by atoms with Crippen LogP contribution >= 0.6 is 0 Å². The van der Waals surface area contributed by atoms with Crippen molar-refractivity contribution in [2.24, 2.45) is 7.05 Å². The van der Waals surface area contributed by atoms with Crippen molar-refractivity contribution in [3.63, 3.8) is 0 Å². The molecular weight excluding hydrogens is 326 g/mol. The summed E-state index contributed by atoms with van der Waals surface area (Å²) in [6, 6.07) is 18.3. The molecule has 0 bridgehead atoms. The maximum Gasteiger partial charge on any atom is 0.213 e. The number of rotatable bonds is 2. The molecule has 0 atom stereocenters. The molecule has 1 nitrogen and oxygen atoms in total. The first-order valence-electron chi connectivity index (χ1n) is 10.4. The summed E-state index contributed by atoms with van der Waals surface area (Å²) in [5, 5.41) is 0. The van der Waals surface area contributed by atoms with Crippen molar-refractivity contribution < 1.29 is 4.57 Å². The number of hydrogen-bond acceptors (Lipinski definition) is 0. The number of pyridine rings is 1. The predicted molar refractivity (Wildman–Crippen MR) is 112 cm³/mol. The molecule has 0 saturated carbocycles. The van der Waals surface area contributed by atoms with E-state index in [1.807, 2.05) is 0 Å². The van der Waals surface area contributed by atoms with Crippen molar-refractivity contribution in [1.29, 1.82) is 0 Å². The molecule has 0 fully saturated rings. The van der Waals surface area contributed by atoms with E-state index in [0.717, 1.165) is 5.92 Å². The summed E-state index contributed by atoms with van der Waals surface area (Å²) < 4.78 is 2.24. The van der Waals surface area contributed by atoms with Gasteiger partial charge in [-0.2, -0.15) is 0 Å². The molecule has 2 aliphatic carbocycles. The van der Waals surface area contributed by atoms with Gasteiger partial charge in [0, 0.05) is 17.7 Å². The van der Waals surface area contributed by atoms with Gasteiger partial charge in [-0.25, -0.2) is 4.57 Å². The van der Waals surface area contributed by atoms with Crippen molar-refractivity contribution in [3.05, 3.63) is 77.0 Å². The van der Waals surface area contributed by atoms with Crippen LogP contribution in [0.2, 0.25) is 0 Å². The molecule has 2 aliphatic rings. The zero-order valence-electron chi connectivity index (χ0n) is 16.5. The number of hydrogen-bond donors (Lipinski definition) is 0. The SMILES string of the molecule is Cc1ccccc1-c1cc(-c2cc3c4c(c2)CCCC4CCC3)cc[n+]1C. The van der Waals surface area contributed by atoms with Crippen molar-refractivity contribution in [2.75, 3.05) is 0 Å². The third-order valence-electron chi connectivity index (χ3n) is 6.66. The summed E-state index contributed by atoms with van der Waals surface area (Å²) in [5.74, 6) is 0.836. The van der Waals surface area contributed by atoms with E-state index in [1.165, 1.54) is 66.5 Å². The van der Waals surface area contributed by atoms with Gasteiger partial charge < -0.3 is 0 Å². The predicted octanol–water partition coefficient (Wildman–Crippen LogP) is 5.91. The fourth-order valence-electron chi connectivity index (χ4n) is 5.27. The van der Waals surface area contributed by atoms with Crippen molar-refractivity contribution in [1.82, 2.24) is 0 Å². The second-order valence-corrected chi connectivity index (χ2v) is 8.42. The van der Waals surface area contributed by atoms with Crippen LogP contribution in [0.5, 0.6) is 0 Å². The van der Waals surface area contributed by atoms with E-state index in [9.17, 15) is 0 Å². The monoisotopic (exact) mass is 354 g/mol. The highest BCUT2D eigenvalue weighted by Crippen LogP contribution is 2.43. The van der Waals surface area contributed by atoms with Gasteiger partial charge in [0.1, 0.15) is 7.05 Å². The highest BCUT2D eigenvalue weighted by molar-refractivity contribution is 5.72. The van der Waals surface area contributed by atoms with Crippen LogP contribution in [0, 0.1) is 6.92 Å². The molecule has 1 heteroatoms. The zero-order chi connectivity index (χ0) is 18.4. The quantitative estimate of drug-likeness (QED) is 0.504. The Balaban J connectivity index is 1.64. The third kappa shape index (κ3) is 2.90. The maximum absolute atomic E-state index is 2.49. The molecule has 136 valence electrons. The molecule has 0 spiro atoms. The molecule has 0 N–H and O–H groups in total. The lowest BCUT2D eigenvalue weighted by Crippen LogP contribution is -2.30. The fourth-order valence-corrected chi connectivity index (χ4v) is 5.27. The molecular formula is C26H28N+. The fraction of sp³-hybridized carbons (Fsp3) is 0.346. The van der Waals surface area contributed by atoms with Gasteiger partial charge in [-0.3, -0.25) is 0 Å². The van der Waals surface area contributed by atoms with E-state index < -0.39 is 0 Å². The Hall–Kier alpha value is -2.41. The van der Waals surface area contributed by atoms with Gasteiger partial charge in [0.05, 0.1) is 0 Å². The van der Waals surface area contributed by atoms with Gasteiger partial charge >= 0.3 is 0 Å². The molecule has 2 aromatic carbocycles. The van der Waals surface area contributed by atoms with Crippen LogP contribution in [0.1, 0.15) is 53.9 Å². The average Bonchev–Trinajstić information content (AvgIpc) is 2.69. The van der Waals surface area contributed by atoms with Crippen LogP contribution in [0.25, 0.3) is 22.4 Å². The van der Waals surface area contributed by atoms with E-state index in [4.69, 9.17) is 0 Å². The van der Waals surface area contributed by atoms with Gasteiger partial charge in [-0.05, 0) is 90.8 Å². The number of aromatic nitrogens is 1. The highest BCUT2D eigenvalue weighted by atomic mass is 14.9. The van der Waals surface area contributed by atoms with Crippen molar-refractivity contribution in [2.45, 2.75) is 51.4 Å². The molecule has 27 heavy (non-hydrogen) atoms. The molecule has 0 amide bonds. The molecule has 0 unspecified atom stereocenters. The standard InChI is InChI=1S/C26H28N/c1-18-7-3-4-12-24(18)25-17-20(13-14-27(25)2)23-15-21-10-5-8-19-9-6-11-22(16-23)26(19)21/h3-4,7,12-17,19H,5-6,8-11H2,1-2H3/q+1. The summed E-state index contributed by atoms with van der Waals surface area (Å²) in [7, 11) is 2.15. The first-order chi connectivity index (χ1) is 13.2. The first-order valence-corrected chi connectivity index (χ1v) is 10.4. The van der Waals surface area contributed by atoms with Gasteiger partial charge in [0.25, 0.3) is 0 Å². The summed E-state index contributed by atoms with van der Waals surface area (Å²) in [6.45, 7) is 2.20. The molecule has 0 saturated heterocycles. The average molecular weight is 355 g/mol. The smallest absolute Gasteiger partial charge is 0.201 e. The normalized spacial score (nSPS) is 16.2.